The van der Waals surface area contributed by atoms with E-state index in [1.807, 2.05) is 13.8 Å². The van der Waals surface area contributed by atoms with E-state index in [0.29, 0.717) is 5.92 Å². The fourth-order valence-corrected chi connectivity index (χ4v) is 1.76. The number of amides is 1. The lowest BCUT2D eigenvalue weighted by atomic mass is 10.0. The van der Waals surface area contributed by atoms with Crippen molar-refractivity contribution in [1.29, 1.82) is 0 Å². The molecule has 1 amide bonds. The predicted molar refractivity (Wildman–Crippen MR) is 64.1 cm³/mol. The van der Waals surface area contributed by atoms with Crippen LogP contribution < -0.4 is 11.1 Å². The van der Waals surface area contributed by atoms with Gasteiger partial charge in [0.2, 0.25) is 5.91 Å². The van der Waals surface area contributed by atoms with Gasteiger partial charge < -0.3 is 15.8 Å². The molecular weight excluding hydrogens is 220 g/mol. The van der Waals surface area contributed by atoms with Crippen molar-refractivity contribution in [3.63, 3.8) is 0 Å². The molecule has 1 fully saturated rings. The van der Waals surface area contributed by atoms with E-state index in [9.17, 15) is 9.59 Å². The molecule has 5 nitrogen and oxygen atoms in total. The van der Waals surface area contributed by atoms with Gasteiger partial charge in [-0.25, -0.2) is 4.79 Å². The van der Waals surface area contributed by atoms with Crippen LogP contribution >= 0.6 is 0 Å². The molecular formula is C12H22N2O3. The molecule has 0 heterocycles. The number of carbonyl (C=O) groups excluding carboxylic acids is 2. The molecule has 3 N–H and O–H groups in total. The molecule has 17 heavy (non-hydrogen) atoms. The molecule has 1 aliphatic rings. The molecule has 1 unspecified atom stereocenters. The van der Waals surface area contributed by atoms with Gasteiger partial charge in [-0.3, -0.25) is 4.79 Å². The van der Waals surface area contributed by atoms with Crippen LogP contribution in [0.15, 0.2) is 0 Å². The maximum Gasteiger partial charge on any atom is 0.328 e. The van der Waals surface area contributed by atoms with E-state index in [0.717, 1.165) is 12.8 Å². The molecule has 5 heteroatoms. The van der Waals surface area contributed by atoms with Gasteiger partial charge in [-0.15, -0.1) is 0 Å². The van der Waals surface area contributed by atoms with E-state index in [1.165, 1.54) is 7.11 Å². The molecule has 0 aromatic rings. The summed E-state index contributed by atoms with van der Waals surface area (Å²) in [6.45, 7) is 3.73. The largest absolute Gasteiger partial charge is 0.467 e. The van der Waals surface area contributed by atoms with E-state index >= 15 is 0 Å². The first kappa shape index (κ1) is 14.0. The average Bonchev–Trinajstić information content (AvgIpc) is 3.08. The first-order valence-corrected chi connectivity index (χ1v) is 6.08. The molecule has 0 radical (unpaired) electrons. The van der Waals surface area contributed by atoms with Gasteiger partial charge in [0, 0.05) is 12.5 Å². The predicted octanol–water partition coefficient (Wildman–Crippen LogP) is 0.428. The number of ether oxygens (including phenoxy) is 1. The van der Waals surface area contributed by atoms with Crippen LogP contribution in [0.1, 0.15) is 33.1 Å². The number of nitrogens with one attached hydrogen (secondary N) is 1. The van der Waals surface area contributed by atoms with Crippen LogP contribution in [0.4, 0.5) is 0 Å². The Morgan fingerprint density at radius 1 is 1.41 bits per heavy atom. The SMILES string of the molecule is COC(=O)[C@@H](NC(=O)CC(N)C1CC1)C(C)C. The Kier molecular flexibility index (Phi) is 4.93. The molecule has 0 spiro atoms. The highest BCUT2D eigenvalue weighted by molar-refractivity contribution is 5.84. The molecule has 1 rings (SSSR count). The van der Waals surface area contributed by atoms with Crippen LogP contribution in [0.25, 0.3) is 0 Å². The van der Waals surface area contributed by atoms with E-state index in [2.05, 4.69) is 10.1 Å². The first-order chi connectivity index (χ1) is 7.95. The molecule has 0 aromatic carbocycles. The highest BCUT2D eigenvalue weighted by Crippen LogP contribution is 2.32. The Hall–Kier alpha value is -1.10. The third-order valence-electron chi connectivity index (χ3n) is 3.09. The molecule has 1 aliphatic carbocycles. The van der Waals surface area contributed by atoms with Crippen molar-refractivity contribution in [3.8, 4) is 0 Å². The van der Waals surface area contributed by atoms with E-state index in [4.69, 9.17) is 5.73 Å². The lowest BCUT2D eigenvalue weighted by Gasteiger charge is -2.20. The average molecular weight is 242 g/mol. The van der Waals surface area contributed by atoms with Crippen molar-refractivity contribution < 1.29 is 14.3 Å². The summed E-state index contributed by atoms with van der Waals surface area (Å²) in [5.74, 6) is -0.0956. The van der Waals surface area contributed by atoms with Gasteiger partial charge in [0.05, 0.1) is 7.11 Å². The highest BCUT2D eigenvalue weighted by Gasteiger charge is 2.31. The molecule has 2 atom stereocenters. The van der Waals surface area contributed by atoms with Crippen molar-refractivity contribution in [2.75, 3.05) is 7.11 Å². The maximum atomic E-state index is 11.7. The normalized spacial score (nSPS) is 18.6. The molecule has 1 saturated carbocycles. The Morgan fingerprint density at radius 3 is 2.41 bits per heavy atom. The van der Waals surface area contributed by atoms with Gasteiger partial charge in [-0.1, -0.05) is 13.8 Å². The Morgan fingerprint density at radius 2 is 2.00 bits per heavy atom. The summed E-state index contributed by atoms with van der Waals surface area (Å²) in [4.78, 5) is 23.2. The molecule has 0 aromatic heterocycles. The van der Waals surface area contributed by atoms with Gasteiger partial charge in [-0.2, -0.15) is 0 Å². The summed E-state index contributed by atoms with van der Waals surface area (Å²) in [6, 6.07) is -0.667. The summed E-state index contributed by atoms with van der Waals surface area (Å²) in [7, 11) is 1.32. The van der Waals surface area contributed by atoms with Crippen molar-refractivity contribution >= 4 is 11.9 Å². The number of methoxy groups -OCH3 is 1. The highest BCUT2D eigenvalue weighted by atomic mass is 16.5. The van der Waals surface area contributed by atoms with E-state index in [-0.39, 0.29) is 24.3 Å². The number of esters is 1. The second kappa shape index (κ2) is 6.00. The molecule has 0 bridgehead atoms. The zero-order chi connectivity index (χ0) is 13.0. The fourth-order valence-electron chi connectivity index (χ4n) is 1.76. The monoisotopic (exact) mass is 242 g/mol. The molecule has 0 saturated heterocycles. The van der Waals surface area contributed by atoms with Crippen LogP contribution in [0, 0.1) is 11.8 Å². The van der Waals surface area contributed by atoms with Crippen molar-refractivity contribution in [3.05, 3.63) is 0 Å². The quantitative estimate of drug-likeness (QED) is 0.662. The molecule has 0 aliphatic heterocycles. The lowest BCUT2D eigenvalue weighted by Crippen LogP contribution is -2.46. The minimum absolute atomic E-state index is 0.00329. The second-order valence-electron chi connectivity index (χ2n) is 5.02. The van der Waals surface area contributed by atoms with Gasteiger partial charge in [0.1, 0.15) is 6.04 Å². The van der Waals surface area contributed by atoms with Crippen molar-refractivity contribution in [2.24, 2.45) is 17.6 Å². The number of carbonyl (C=O) groups is 2. The topological polar surface area (TPSA) is 81.4 Å². The third-order valence-corrected chi connectivity index (χ3v) is 3.09. The van der Waals surface area contributed by atoms with Gasteiger partial charge in [0.25, 0.3) is 0 Å². The number of nitrogens with two attached hydrogens (primary N) is 1. The van der Waals surface area contributed by atoms with Crippen LogP contribution in [0.3, 0.4) is 0 Å². The minimum Gasteiger partial charge on any atom is -0.467 e. The lowest BCUT2D eigenvalue weighted by molar-refractivity contribution is -0.146. The first-order valence-electron chi connectivity index (χ1n) is 6.08. The zero-order valence-electron chi connectivity index (χ0n) is 10.7. The standard InChI is InChI=1S/C12H22N2O3/c1-7(2)11(12(16)17-3)14-10(15)6-9(13)8-4-5-8/h7-9,11H,4-6,13H2,1-3H3,(H,14,15)/t9?,11-/m0/s1. The molecule has 98 valence electrons. The number of hydrogen-bond acceptors (Lipinski definition) is 4. The summed E-state index contributed by atoms with van der Waals surface area (Å²) in [6.07, 6.45) is 2.50. The van der Waals surface area contributed by atoms with E-state index < -0.39 is 12.0 Å². The van der Waals surface area contributed by atoms with Crippen LogP contribution in [0.5, 0.6) is 0 Å². The third kappa shape index (κ3) is 4.34. The summed E-state index contributed by atoms with van der Waals surface area (Å²) in [5.41, 5.74) is 5.86. The van der Waals surface area contributed by atoms with Gasteiger partial charge >= 0.3 is 5.97 Å². The fraction of sp³-hybridized carbons (Fsp3) is 0.833. The summed E-state index contributed by atoms with van der Waals surface area (Å²) in [5, 5.41) is 2.69. The number of rotatable bonds is 6. The van der Waals surface area contributed by atoms with Gasteiger partial charge in [-0.05, 0) is 24.7 Å². The van der Waals surface area contributed by atoms with Gasteiger partial charge in [0.15, 0.2) is 0 Å². The Bertz CT molecular complexity index is 287. The van der Waals surface area contributed by atoms with Crippen LogP contribution in [-0.2, 0) is 14.3 Å². The van der Waals surface area contributed by atoms with Crippen molar-refractivity contribution in [2.45, 2.75) is 45.2 Å². The van der Waals surface area contributed by atoms with Crippen LogP contribution in [0.2, 0.25) is 0 Å². The maximum absolute atomic E-state index is 11.7. The minimum atomic E-state index is -0.584. The Balaban J connectivity index is 2.42. The van der Waals surface area contributed by atoms with Crippen LogP contribution in [-0.4, -0.2) is 31.1 Å². The van der Waals surface area contributed by atoms with Crippen molar-refractivity contribution in [1.82, 2.24) is 5.32 Å². The summed E-state index contributed by atoms with van der Waals surface area (Å²) < 4.78 is 4.65. The smallest absolute Gasteiger partial charge is 0.328 e. The van der Waals surface area contributed by atoms with E-state index in [1.54, 1.807) is 0 Å². The second-order valence-corrected chi connectivity index (χ2v) is 5.02. The number of hydrogen-bond donors (Lipinski definition) is 2. The Labute approximate surface area is 102 Å². The summed E-state index contributed by atoms with van der Waals surface area (Å²) >= 11 is 0. The zero-order valence-corrected chi connectivity index (χ0v) is 10.7.